The molecule has 1 aliphatic carbocycles. The molecule has 0 bridgehead atoms. The van der Waals surface area contributed by atoms with E-state index in [-0.39, 0.29) is 18.7 Å². The molecule has 0 saturated heterocycles. The maximum Gasteiger partial charge on any atom is 0.322 e. The van der Waals surface area contributed by atoms with Gasteiger partial charge in [-0.3, -0.25) is 4.79 Å². The molecule has 0 heterocycles. The predicted molar refractivity (Wildman–Crippen MR) is 49.9 cm³/mol. The zero-order valence-corrected chi connectivity index (χ0v) is 8.71. The third kappa shape index (κ3) is 3.60. The van der Waals surface area contributed by atoms with Gasteiger partial charge in [-0.2, -0.15) is 0 Å². The van der Waals surface area contributed by atoms with Gasteiger partial charge >= 0.3 is 5.97 Å². The number of carbonyl (C=O) groups excluding carboxylic acids is 1. The Morgan fingerprint density at radius 1 is 1.64 bits per heavy atom. The van der Waals surface area contributed by atoms with E-state index < -0.39 is 21.7 Å². The van der Waals surface area contributed by atoms with Crippen LogP contribution in [0.5, 0.6) is 0 Å². The summed E-state index contributed by atoms with van der Waals surface area (Å²) >= 11 is 0. The van der Waals surface area contributed by atoms with Crippen LogP contribution in [0.15, 0.2) is 0 Å². The van der Waals surface area contributed by atoms with Gasteiger partial charge < -0.3 is 10.5 Å². The lowest BCUT2D eigenvalue weighted by Gasteiger charge is -2.04. The second kappa shape index (κ2) is 4.24. The molecule has 14 heavy (non-hydrogen) atoms. The van der Waals surface area contributed by atoms with Crippen LogP contribution < -0.4 is 10.5 Å². The van der Waals surface area contributed by atoms with E-state index in [1.54, 1.807) is 6.92 Å². The Morgan fingerprint density at radius 2 is 2.21 bits per heavy atom. The quantitative estimate of drug-likeness (QED) is 0.556. The molecule has 0 radical (unpaired) electrons. The number of sulfonamides is 1. The molecule has 1 aliphatic rings. The molecule has 6 nitrogen and oxygen atoms in total. The SMILES string of the molecule is CCOC(=O)CS(=O)(=O)NC1CC1N. The number of carbonyl (C=O) groups is 1. The van der Waals surface area contributed by atoms with Gasteiger partial charge in [0.2, 0.25) is 10.0 Å². The molecule has 7 heteroatoms. The minimum Gasteiger partial charge on any atom is -0.465 e. The molecule has 1 fully saturated rings. The third-order valence-electron chi connectivity index (χ3n) is 1.78. The fourth-order valence-electron chi connectivity index (χ4n) is 0.980. The highest BCUT2D eigenvalue weighted by Gasteiger charge is 2.37. The van der Waals surface area contributed by atoms with Crippen LogP contribution in [-0.4, -0.2) is 38.8 Å². The van der Waals surface area contributed by atoms with Crippen molar-refractivity contribution in [1.82, 2.24) is 4.72 Å². The van der Waals surface area contributed by atoms with Crippen LogP contribution in [0, 0.1) is 0 Å². The van der Waals surface area contributed by atoms with Crippen molar-refractivity contribution in [3.8, 4) is 0 Å². The van der Waals surface area contributed by atoms with Gasteiger partial charge in [-0.25, -0.2) is 13.1 Å². The first-order valence-corrected chi connectivity index (χ1v) is 6.01. The van der Waals surface area contributed by atoms with Gasteiger partial charge in [0, 0.05) is 12.1 Å². The molecule has 0 aromatic rings. The summed E-state index contributed by atoms with van der Waals surface area (Å²) < 4.78 is 29.3. The second-order valence-electron chi connectivity index (χ2n) is 3.19. The van der Waals surface area contributed by atoms with Gasteiger partial charge in [-0.1, -0.05) is 0 Å². The Labute approximate surface area is 82.8 Å². The molecule has 0 aromatic heterocycles. The highest BCUT2D eigenvalue weighted by atomic mass is 32.2. The van der Waals surface area contributed by atoms with Crippen molar-refractivity contribution in [2.75, 3.05) is 12.4 Å². The molecule has 2 atom stereocenters. The lowest BCUT2D eigenvalue weighted by molar-refractivity contribution is -0.139. The average molecular weight is 222 g/mol. The largest absolute Gasteiger partial charge is 0.465 e. The molecule has 3 N–H and O–H groups in total. The average Bonchev–Trinajstić information content (AvgIpc) is 2.63. The summed E-state index contributed by atoms with van der Waals surface area (Å²) in [5.41, 5.74) is 5.42. The first-order chi connectivity index (χ1) is 6.44. The lowest BCUT2D eigenvalue weighted by atomic mass is 10.7. The number of hydrogen-bond donors (Lipinski definition) is 2. The molecule has 0 aromatic carbocycles. The van der Waals surface area contributed by atoms with E-state index in [1.165, 1.54) is 0 Å². The minimum absolute atomic E-state index is 0.119. The topological polar surface area (TPSA) is 98.5 Å². The van der Waals surface area contributed by atoms with Gasteiger partial charge in [0.1, 0.15) is 0 Å². The molecule has 0 amide bonds. The Hall–Kier alpha value is -0.660. The van der Waals surface area contributed by atoms with E-state index in [4.69, 9.17) is 5.73 Å². The van der Waals surface area contributed by atoms with Crippen LogP contribution in [0.4, 0.5) is 0 Å². The Morgan fingerprint density at radius 3 is 2.64 bits per heavy atom. The van der Waals surface area contributed by atoms with E-state index in [0.717, 1.165) is 0 Å². The summed E-state index contributed by atoms with van der Waals surface area (Å²) in [4.78, 5) is 10.9. The molecular formula is C7H14N2O4S. The number of nitrogens with two attached hydrogens (primary N) is 1. The predicted octanol–water partition coefficient (Wildman–Crippen LogP) is -1.43. The van der Waals surface area contributed by atoms with E-state index in [1.807, 2.05) is 0 Å². The molecule has 0 spiro atoms. The van der Waals surface area contributed by atoms with E-state index in [0.29, 0.717) is 6.42 Å². The monoisotopic (exact) mass is 222 g/mol. The Bertz CT molecular complexity index is 314. The fourth-order valence-corrected chi connectivity index (χ4v) is 2.19. The zero-order chi connectivity index (χ0) is 10.8. The van der Waals surface area contributed by atoms with Crippen molar-refractivity contribution >= 4 is 16.0 Å². The van der Waals surface area contributed by atoms with E-state index in [2.05, 4.69) is 9.46 Å². The number of hydrogen-bond acceptors (Lipinski definition) is 5. The first kappa shape index (κ1) is 11.4. The first-order valence-electron chi connectivity index (χ1n) is 4.36. The van der Waals surface area contributed by atoms with Gasteiger partial charge in [0.05, 0.1) is 6.61 Å². The van der Waals surface area contributed by atoms with Gasteiger partial charge in [-0.15, -0.1) is 0 Å². The van der Waals surface area contributed by atoms with Crippen molar-refractivity contribution in [2.24, 2.45) is 5.73 Å². The summed E-state index contributed by atoms with van der Waals surface area (Å²) in [6.07, 6.45) is 0.627. The van der Waals surface area contributed by atoms with Crippen LogP contribution in [0.3, 0.4) is 0 Å². The van der Waals surface area contributed by atoms with Crippen LogP contribution >= 0.6 is 0 Å². The smallest absolute Gasteiger partial charge is 0.322 e. The van der Waals surface area contributed by atoms with Crippen LogP contribution in [0.1, 0.15) is 13.3 Å². The van der Waals surface area contributed by atoms with Crippen molar-refractivity contribution < 1.29 is 17.9 Å². The highest BCUT2D eigenvalue weighted by Crippen LogP contribution is 2.18. The van der Waals surface area contributed by atoms with Crippen LogP contribution in [0.25, 0.3) is 0 Å². The Balaban J connectivity index is 2.37. The maximum atomic E-state index is 11.2. The standard InChI is InChI=1S/C7H14N2O4S/c1-2-13-7(10)4-14(11,12)9-6-3-5(6)8/h5-6,9H,2-4,8H2,1H3. The van der Waals surface area contributed by atoms with Gasteiger partial charge in [0.25, 0.3) is 0 Å². The van der Waals surface area contributed by atoms with Crippen LogP contribution in [0.2, 0.25) is 0 Å². The van der Waals surface area contributed by atoms with Gasteiger partial charge in [0.15, 0.2) is 5.75 Å². The number of rotatable bonds is 5. The third-order valence-corrected chi connectivity index (χ3v) is 3.06. The summed E-state index contributed by atoms with van der Waals surface area (Å²) in [7, 11) is -3.58. The molecule has 0 aliphatic heterocycles. The fraction of sp³-hybridized carbons (Fsp3) is 0.857. The summed E-state index contributed by atoms with van der Waals surface area (Å²) in [6, 6.07) is -0.332. The molecule has 82 valence electrons. The van der Waals surface area contributed by atoms with E-state index in [9.17, 15) is 13.2 Å². The lowest BCUT2D eigenvalue weighted by Crippen LogP contribution is -2.34. The summed E-state index contributed by atoms with van der Waals surface area (Å²) in [5, 5.41) is 0. The van der Waals surface area contributed by atoms with Gasteiger partial charge in [-0.05, 0) is 13.3 Å². The molecule has 2 unspecified atom stereocenters. The van der Waals surface area contributed by atoms with Crippen molar-refractivity contribution in [3.05, 3.63) is 0 Å². The zero-order valence-electron chi connectivity index (χ0n) is 7.89. The van der Waals surface area contributed by atoms with E-state index >= 15 is 0 Å². The summed E-state index contributed by atoms with van der Waals surface area (Å²) in [5.74, 6) is -1.38. The molecule has 1 rings (SSSR count). The molecule has 1 saturated carbocycles. The van der Waals surface area contributed by atoms with Crippen molar-refractivity contribution in [2.45, 2.75) is 25.4 Å². The van der Waals surface area contributed by atoms with Crippen molar-refractivity contribution in [1.29, 1.82) is 0 Å². The van der Waals surface area contributed by atoms with Crippen molar-refractivity contribution in [3.63, 3.8) is 0 Å². The Kier molecular flexibility index (Phi) is 3.46. The second-order valence-corrected chi connectivity index (χ2v) is 4.94. The maximum absolute atomic E-state index is 11.2. The number of nitrogens with one attached hydrogen (secondary N) is 1. The highest BCUT2D eigenvalue weighted by molar-refractivity contribution is 7.90. The minimum atomic E-state index is -3.58. The normalized spacial score (nSPS) is 25.9. The van der Waals surface area contributed by atoms with Crippen LogP contribution in [-0.2, 0) is 19.6 Å². The molecular weight excluding hydrogens is 208 g/mol. The summed E-state index contributed by atoms with van der Waals surface area (Å²) in [6.45, 7) is 1.80. The number of ether oxygens (including phenoxy) is 1. The number of esters is 1.